The lowest BCUT2D eigenvalue weighted by molar-refractivity contribution is 0.0598. The van der Waals surface area contributed by atoms with Gasteiger partial charge in [0.1, 0.15) is 17.1 Å². The fourth-order valence-electron chi connectivity index (χ4n) is 2.77. The Hall–Kier alpha value is -3.40. The maximum atomic E-state index is 11.8. The number of carbonyl (C=O) groups excluding carboxylic acids is 1. The van der Waals surface area contributed by atoms with Gasteiger partial charge >= 0.3 is 5.97 Å². The first-order chi connectivity index (χ1) is 13.8. The van der Waals surface area contributed by atoms with Gasteiger partial charge in [0, 0.05) is 12.8 Å². The highest BCUT2D eigenvalue weighted by Gasteiger charge is 2.12. The van der Waals surface area contributed by atoms with Gasteiger partial charge in [-0.3, -0.25) is 4.99 Å². The topological polar surface area (TPSA) is 47.9 Å². The van der Waals surface area contributed by atoms with Crippen LogP contribution in [0.5, 0.6) is 11.5 Å². The second-order valence-electron chi connectivity index (χ2n) is 6.28. The Kier molecular flexibility index (Phi) is 6.96. The lowest BCUT2D eigenvalue weighted by Crippen LogP contribution is -2.03. The van der Waals surface area contributed by atoms with E-state index in [4.69, 9.17) is 9.47 Å². The third-order valence-electron chi connectivity index (χ3n) is 4.24. The van der Waals surface area contributed by atoms with E-state index in [9.17, 15) is 4.79 Å². The smallest absolute Gasteiger partial charge is 0.341 e. The molecule has 0 amide bonds. The van der Waals surface area contributed by atoms with Crippen molar-refractivity contribution in [2.24, 2.45) is 4.99 Å². The predicted molar refractivity (Wildman–Crippen MR) is 112 cm³/mol. The highest BCUT2D eigenvalue weighted by Crippen LogP contribution is 2.25. The number of methoxy groups -OCH3 is 1. The monoisotopic (exact) mass is 373 g/mol. The molecule has 0 aliphatic heterocycles. The van der Waals surface area contributed by atoms with Crippen molar-refractivity contribution in [2.45, 2.75) is 12.8 Å². The fourth-order valence-corrected chi connectivity index (χ4v) is 2.77. The third-order valence-corrected chi connectivity index (χ3v) is 4.24. The van der Waals surface area contributed by atoms with Gasteiger partial charge < -0.3 is 9.47 Å². The Bertz CT molecular complexity index is 918. The predicted octanol–water partition coefficient (Wildman–Crippen LogP) is 5.32. The molecule has 3 aromatic rings. The molecule has 0 atom stereocenters. The summed E-state index contributed by atoms with van der Waals surface area (Å²) in [5, 5.41) is 0. The van der Waals surface area contributed by atoms with Crippen molar-refractivity contribution in [2.75, 3.05) is 13.7 Å². The van der Waals surface area contributed by atoms with Crippen LogP contribution in [0.3, 0.4) is 0 Å². The summed E-state index contributed by atoms with van der Waals surface area (Å²) in [5.41, 5.74) is 2.74. The van der Waals surface area contributed by atoms with Crippen LogP contribution >= 0.6 is 0 Å². The molecule has 0 heterocycles. The summed E-state index contributed by atoms with van der Waals surface area (Å²) >= 11 is 0. The number of aliphatic imine (C=N–C) groups is 1. The van der Waals surface area contributed by atoms with Gasteiger partial charge in [0.15, 0.2) is 0 Å². The molecule has 0 fully saturated rings. The number of hydrogen-bond donors (Lipinski definition) is 0. The number of benzene rings is 3. The molecule has 0 saturated heterocycles. The SMILES string of the molecule is COC(=O)c1ccccc1Oc1ccc(C=NCCCc2ccccc2)cc1. The van der Waals surface area contributed by atoms with Crippen molar-refractivity contribution in [1.82, 2.24) is 0 Å². The molecule has 0 bridgehead atoms. The number of nitrogens with zero attached hydrogens (tertiary/aromatic N) is 1. The van der Waals surface area contributed by atoms with Crippen LogP contribution in [0.1, 0.15) is 27.9 Å². The average molecular weight is 373 g/mol. The van der Waals surface area contributed by atoms with E-state index in [0.29, 0.717) is 17.1 Å². The molecule has 0 unspecified atom stereocenters. The molecule has 0 aromatic heterocycles. The quantitative estimate of drug-likeness (QED) is 0.305. The van der Waals surface area contributed by atoms with Gasteiger partial charge in [0.25, 0.3) is 0 Å². The van der Waals surface area contributed by atoms with Crippen molar-refractivity contribution in [3.8, 4) is 11.5 Å². The van der Waals surface area contributed by atoms with E-state index in [-0.39, 0.29) is 0 Å². The number of para-hydroxylation sites is 1. The maximum absolute atomic E-state index is 11.8. The highest BCUT2D eigenvalue weighted by atomic mass is 16.5. The van der Waals surface area contributed by atoms with Crippen LogP contribution in [0.4, 0.5) is 0 Å². The summed E-state index contributed by atoms with van der Waals surface area (Å²) in [7, 11) is 1.35. The van der Waals surface area contributed by atoms with Crippen LogP contribution in [-0.4, -0.2) is 25.8 Å². The van der Waals surface area contributed by atoms with Crippen molar-refractivity contribution in [1.29, 1.82) is 0 Å². The third kappa shape index (κ3) is 5.55. The van der Waals surface area contributed by atoms with Gasteiger partial charge in [0.05, 0.1) is 7.11 Å². The molecule has 0 aliphatic carbocycles. The first-order valence-electron chi connectivity index (χ1n) is 9.25. The van der Waals surface area contributed by atoms with E-state index in [1.165, 1.54) is 12.7 Å². The fraction of sp³-hybridized carbons (Fsp3) is 0.167. The Morgan fingerprint density at radius 2 is 1.64 bits per heavy atom. The molecule has 0 spiro atoms. The van der Waals surface area contributed by atoms with E-state index in [1.54, 1.807) is 18.2 Å². The zero-order valence-corrected chi connectivity index (χ0v) is 15.9. The number of hydrogen-bond acceptors (Lipinski definition) is 4. The Morgan fingerprint density at radius 3 is 2.39 bits per heavy atom. The lowest BCUT2D eigenvalue weighted by atomic mass is 10.1. The Balaban J connectivity index is 1.53. The molecule has 0 radical (unpaired) electrons. The zero-order chi connectivity index (χ0) is 19.6. The normalized spacial score (nSPS) is 10.8. The standard InChI is InChI=1S/C24H23NO3/c1-27-24(26)22-11-5-6-12-23(22)28-21-15-13-20(14-16-21)18-25-17-7-10-19-8-3-2-4-9-19/h2-6,8-9,11-16,18H,7,10,17H2,1H3. The van der Waals surface area contributed by atoms with Crippen LogP contribution in [0.25, 0.3) is 0 Å². The molecular formula is C24H23NO3. The van der Waals surface area contributed by atoms with Crippen molar-refractivity contribution in [3.63, 3.8) is 0 Å². The molecule has 142 valence electrons. The summed E-state index contributed by atoms with van der Waals surface area (Å²) in [4.78, 5) is 16.3. The van der Waals surface area contributed by atoms with Gasteiger partial charge in [-0.25, -0.2) is 4.79 Å². The van der Waals surface area contributed by atoms with E-state index in [1.807, 2.05) is 42.6 Å². The Labute approximate surface area is 165 Å². The summed E-state index contributed by atoms with van der Waals surface area (Å²) in [6.45, 7) is 0.791. The molecule has 0 N–H and O–H groups in total. The van der Waals surface area contributed by atoms with Crippen molar-refractivity contribution in [3.05, 3.63) is 95.6 Å². The molecule has 4 heteroatoms. The first-order valence-corrected chi connectivity index (χ1v) is 9.25. The van der Waals surface area contributed by atoms with E-state index in [2.05, 4.69) is 29.3 Å². The molecule has 0 saturated carbocycles. The zero-order valence-electron chi connectivity index (χ0n) is 15.9. The number of carbonyl (C=O) groups is 1. The summed E-state index contributed by atoms with van der Waals surface area (Å²) in [6, 6.07) is 25.1. The molecule has 3 rings (SSSR count). The average Bonchev–Trinajstić information content (AvgIpc) is 2.75. The van der Waals surface area contributed by atoms with Crippen LogP contribution < -0.4 is 4.74 Å². The minimum absolute atomic E-state index is 0.397. The van der Waals surface area contributed by atoms with Crippen LogP contribution in [0.15, 0.2) is 83.9 Å². The van der Waals surface area contributed by atoms with Crippen LogP contribution in [-0.2, 0) is 11.2 Å². The number of rotatable bonds is 8. The van der Waals surface area contributed by atoms with Gasteiger partial charge in [0.2, 0.25) is 0 Å². The van der Waals surface area contributed by atoms with E-state index >= 15 is 0 Å². The van der Waals surface area contributed by atoms with Gasteiger partial charge in [-0.05, 0) is 60.4 Å². The second-order valence-corrected chi connectivity index (χ2v) is 6.28. The second kappa shape index (κ2) is 10.1. The first kappa shape index (κ1) is 19.4. The van der Waals surface area contributed by atoms with Gasteiger partial charge in [-0.15, -0.1) is 0 Å². The summed E-state index contributed by atoms with van der Waals surface area (Å²) in [6.07, 6.45) is 3.92. The molecule has 4 nitrogen and oxygen atoms in total. The molecule has 28 heavy (non-hydrogen) atoms. The number of ether oxygens (including phenoxy) is 2. The highest BCUT2D eigenvalue weighted by molar-refractivity contribution is 5.92. The van der Waals surface area contributed by atoms with E-state index in [0.717, 1.165) is 24.9 Å². The van der Waals surface area contributed by atoms with Crippen molar-refractivity contribution >= 4 is 12.2 Å². The van der Waals surface area contributed by atoms with Gasteiger partial charge in [-0.2, -0.15) is 0 Å². The molecule has 0 aliphatic rings. The molecule has 3 aromatic carbocycles. The maximum Gasteiger partial charge on any atom is 0.341 e. The van der Waals surface area contributed by atoms with Gasteiger partial charge in [-0.1, -0.05) is 42.5 Å². The Morgan fingerprint density at radius 1 is 0.929 bits per heavy atom. The number of esters is 1. The summed E-state index contributed by atoms with van der Waals surface area (Å²) < 4.78 is 10.6. The van der Waals surface area contributed by atoms with Crippen LogP contribution in [0.2, 0.25) is 0 Å². The van der Waals surface area contributed by atoms with Crippen LogP contribution in [0, 0.1) is 0 Å². The minimum Gasteiger partial charge on any atom is -0.465 e. The van der Waals surface area contributed by atoms with E-state index < -0.39 is 5.97 Å². The summed E-state index contributed by atoms with van der Waals surface area (Å²) in [5.74, 6) is 0.698. The minimum atomic E-state index is -0.421. The van der Waals surface area contributed by atoms with Crippen molar-refractivity contribution < 1.29 is 14.3 Å². The molecular weight excluding hydrogens is 350 g/mol. The largest absolute Gasteiger partial charge is 0.465 e. The number of aryl methyl sites for hydroxylation is 1. The lowest BCUT2D eigenvalue weighted by Gasteiger charge is -2.09.